The monoisotopic (exact) mass is 367 g/mol. The molecule has 0 fully saturated rings. The molecule has 7 nitrogen and oxygen atoms in total. The molecule has 0 unspecified atom stereocenters. The summed E-state index contributed by atoms with van der Waals surface area (Å²) >= 11 is 2.92. The van der Waals surface area contributed by atoms with E-state index in [1.807, 2.05) is 42.6 Å². The molecule has 124 valence electrons. The van der Waals surface area contributed by atoms with Crippen LogP contribution in [0.4, 0.5) is 0 Å². The van der Waals surface area contributed by atoms with Crippen molar-refractivity contribution < 1.29 is 0 Å². The number of aromatic nitrogens is 6. The van der Waals surface area contributed by atoms with Crippen LogP contribution in [-0.4, -0.2) is 29.8 Å². The first-order chi connectivity index (χ1) is 12.2. The molecular formula is C16H13N7S2. The Hall–Kier alpha value is -2.78. The van der Waals surface area contributed by atoms with Crippen LogP contribution in [0, 0.1) is 6.92 Å². The van der Waals surface area contributed by atoms with Gasteiger partial charge < -0.3 is 5.84 Å². The average Bonchev–Trinajstić information content (AvgIpc) is 3.26. The zero-order valence-corrected chi connectivity index (χ0v) is 14.8. The van der Waals surface area contributed by atoms with Gasteiger partial charge in [-0.1, -0.05) is 6.07 Å². The molecule has 0 aliphatic rings. The Bertz CT molecular complexity index is 997. The molecule has 0 radical (unpaired) electrons. The first-order valence-corrected chi connectivity index (χ1v) is 9.08. The summed E-state index contributed by atoms with van der Waals surface area (Å²) in [6, 6.07) is 9.59. The fraction of sp³-hybridized carbons (Fsp3) is 0.0625. The summed E-state index contributed by atoms with van der Waals surface area (Å²) in [4.78, 5) is 14.2. The standard InChI is InChI=1S/C16H13N7S2/c1-10-8-13(20-14(19-10)11-4-2-6-18-9-11)25-16-22-21-15(23(16)17)12-5-3-7-24-12/h2-9H,17H2,1H3. The molecular weight excluding hydrogens is 354 g/mol. The highest BCUT2D eigenvalue weighted by molar-refractivity contribution is 7.99. The minimum atomic E-state index is 0.568. The van der Waals surface area contributed by atoms with Crippen molar-refractivity contribution in [3.05, 3.63) is 53.8 Å². The van der Waals surface area contributed by atoms with Crippen LogP contribution in [0.2, 0.25) is 0 Å². The highest BCUT2D eigenvalue weighted by Gasteiger charge is 2.15. The van der Waals surface area contributed by atoms with E-state index in [4.69, 9.17) is 5.84 Å². The van der Waals surface area contributed by atoms with Crippen molar-refractivity contribution in [1.82, 2.24) is 29.8 Å². The summed E-state index contributed by atoms with van der Waals surface area (Å²) in [5.74, 6) is 7.41. The second kappa shape index (κ2) is 6.61. The first kappa shape index (κ1) is 15.7. The molecule has 0 spiro atoms. The third-order valence-electron chi connectivity index (χ3n) is 3.35. The Labute approximate surface area is 152 Å². The van der Waals surface area contributed by atoms with Gasteiger partial charge in [-0.15, -0.1) is 21.5 Å². The number of nitrogen functional groups attached to an aromatic ring is 1. The number of thiophene rings is 1. The van der Waals surface area contributed by atoms with Crippen LogP contribution in [0.3, 0.4) is 0 Å². The van der Waals surface area contributed by atoms with Crippen LogP contribution < -0.4 is 5.84 Å². The van der Waals surface area contributed by atoms with Crippen molar-refractivity contribution in [2.24, 2.45) is 0 Å². The van der Waals surface area contributed by atoms with E-state index in [1.54, 1.807) is 23.7 Å². The second-order valence-electron chi connectivity index (χ2n) is 5.17. The molecule has 0 saturated carbocycles. The summed E-state index contributed by atoms with van der Waals surface area (Å²) < 4.78 is 1.48. The van der Waals surface area contributed by atoms with Crippen molar-refractivity contribution in [3.63, 3.8) is 0 Å². The van der Waals surface area contributed by atoms with Gasteiger partial charge in [0.05, 0.1) is 4.88 Å². The summed E-state index contributed by atoms with van der Waals surface area (Å²) in [6.45, 7) is 1.93. The van der Waals surface area contributed by atoms with E-state index in [-0.39, 0.29) is 0 Å². The molecule has 25 heavy (non-hydrogen) atoms. The van der Waals surface area contributed by atoms with Crippen molar-refractivity contribution in [1.29, 1.82) is 0 Å². The summed E-state index contributed by atoms with van der Waals surface area (Å²) in [6.07, 6.45) is 3.46. The lowest BCUT2D eigenvalue weighted by Gasteiger charge is -2.05. The van der Waals surface area contributed by atoms with Crippen LogP contribution in [0.25, 0.3) is 22.1 Å². The van der Waals surface area contributed by atoms with E-state index in [2.05, 4.69) is 25.1 Å². The summed E-state index contributed by atoms with van der Waals surface area (Å²) in [5.41, 5.74) is 1.72. The molecule has 0 aliphatic heterocycles. The first-order valence-electron chi connectivity index (χ1n) is 7.39. The van der Waals surface area contributed by atoms with Gasteiger partial charge in [-0.3, -0.25) is 4.98 Å². The van der Waals surface area contributed by atoms with Gasteiger partial charge in [0.1, 0.15) is 5.03 Å². The highest BCUT2D eigenvalue weighted by atomic mass is 32.2. The second-order valence-corrected chi connectivity index (χ2v) is 7.10. The summed E-state index contributed by atoms with van der Waals surface area (Å²) in [7, 11) is 0. The molecule has 0 aromatic carbocycles. The van der Waals surface area contributed by atoms with E-state index in [0.29, 0.717) is 16.8 Å². The van der Waals surface area contributed by atoms with Crippen molar-refractivity contribution >= 4 is 23.1 Å². The van der Waals surface area contributed by atoms with Crippen molar-refractivity contribution in [3.8, 4) is 22.1 Å². The minimum Gasteiger partial charge on any atom is -0.335 e. The maximum Gasteiger partial charge on any atom is 0.216 e. The van der Waals surface area contributed by atoms with Gasteiger partial charge >= 0.3 is 0 Å². The molecule has 4 aromatic heterocycles. The molecule has 0 bridgehead atoms. The average molecular weight is 367 g/mol. The van der Waals surface area contributed by atoms with Crippen LogP contribution in [0.1, 0.15) is 5.69 Å². The minimum absolute atomic E-state index is 0.568. The van der Waals surface area contributed by atoms with E-state index >= 15 is 0 Å². The third kappa shape index (κ3) is 3.24. The normalized spacial score (nSPS) is 10.9. The lowest BCUT2D eigenvalue weighted by atomic mass is 10.2. The van der Waals surface area contributed by atoms with Gasteiger partial charge in [-0.2, -0.15) is 0 Å². The Kier molecular flexibility index (Phi) is 4.16. The van der Waals surface area contributed by atoms with Crippen LogP contribution in [0.5, 0.6) is 0 Å². The van der Waals surface area contributed by atoms with Gasteiger partial charge in [0.15, 0.2) is 11.6 Å². The van der Waals surface area contributed by atoms with Gasteiger partial charge in [0, 0.05) is 23.7 Å². The number of nitrogens with zero attached hydrogens (tertiary/aromatic N) is 6. The molecule has 0 amide bonds. The van der Waals surface area contributed by atoms with Crippen molar-refractivity contribution in [2.45, 2.75) is 17.1 Å². The van der Waals surface area contributed by atoms with Crippen LogP contribution >= 0.6 is 23.1 Å². The van der Waals surface area contributed by atoms with Crippen molar-refractivity contribution in [2.75, 3.05) is 5.84 Å². The quantitative estimate of drug-likeness (QED) is 0.437. The molecule has 0 atom stereocenters. The molecule has 0 saturated heterocycles. The number of hydrogen-bond acceptors (Lipinski definition) is 8. The zero-order valence-electron chi connectivity index (χ0n) is 13.2. The fourth-order valence-electron chi connectivity index (χ4n) is 2.23. The number of aryl methyl sites for hydroxylation is 1. The molecule has 2 N–H and O–H groups in total. The van der Waals surface area contributed by atoms with Gasteiger partial charge in [0.2, 0.25) is 5.16 Å². The third-order valence-corrected chi connectivity index (χ3v) is 5.10. The number of hydrogen-bond donors (Lipinski definition) is 1. The maximum absolute atomic E-state index is 6.15. The van der Waals surface area contributed by atoms with E-state index in [1.165, 1.54) is 16.4 Å². The van der Waals surface area contributed by atoms with E-state index < -0.39 is 0 Å². The SMILES string of the molecule is Cc1cc(Sc2nnc(-c3cccs3)n2N)nc(-c2cccnc2)n1. The number of pyridine rings is 1. The predicted octanol–water partition coefficient (Wildman–Crippen LogP) is 3.03. The molecule has 4 aromatic rings. The zero-order chi connectivity index (χ0) is 17.2. The van der Waals surface area contributed by atoms with Gasteiger partial charge in [0.25, 0.3) is 0 Å². The van der Waals surface area contributed by atoms with Gasteiger partial charge in [-0.05, 0) is 48.3 Å². The van der Waals surface area contributed by atoms with Gasteiger partial charge in [-0.25, -0.2) is 14.6 Å². The number of rotatable bonds is 4. The topological polar surface area (TPSA) is 95.4 Å². The lowest BCUT2D eigenvalue weighted by Crippen LogP contribution is -2.11. The van der Waals surface area contributed by atoms with Crippen LogP contribution in [0.15, 0.2) is 58.3 Å². The Morgan fingerprint density at radius 2 is 2.08 bits per heavy atom. The van der Waals surface area contributed by atoms with E-state index in [9.17, 15) is 0 Å². The highest BCUT2D eigenvalue weighted by Crippen LogP contribution is 2.29. The Balaban J connectivity index is 1.67. The largest absolute Gasteiger partial charge is 0.335 e. The molecule has 4 rings (SSSR count). The molecule has 4 heterocycles. The summed E-state index contributed by atoms with van der Waals surface area (Å²) in [5, 5.41) is 11.7. The smallest absolute Gasteiger partial charge is 0.216 e. The lowest BCUT2D eigenvalue weighted by molar-refractivity contribution is 0.847. The molecule has 0 aliphatic carbocycles. The Morgan fingerprint density at radius 1 is 1.16 bits per heavy atom. The number of nitrogens with two attached hydrogens (primary N) is 1. The Morgan fingerprint density at radius 3 is 2.84 bits per heavy atom. The van der Waals surface area contributed by atoms with E-state index in [0.717, 1.165) is 21.2 Å². The predicted molar refractivity (Wildman–Crippen MR) is 97.6 cm³/mol. The maximum atomic E-state index is 6.15. The molecule has 9 heteroatoms. The fourth-order valence-corrected chi connectivity index (χ4v) is 3.75. The van der Waals surface area contributed by atoms with Crippen LogP contribution in [-0.2, 0) is 0 Å².